The number of nitrogens with zero attached hydrogens (tertiary/aromatic N) is 3. The summed E-state index contributed by atoms with van der Waals surface area (Å²) in [5.74, 6) is 1.66. The van der Waals surface area contributed by atoms with Gasteiger partial charge in [-0.1, -0.05) is 19.9 Å². The van der Waals surface area contributed by atoms with Crippen LogP contribution in [0, 0.1) is 6.92 Å². The Morgan fingerprint density at radius 2 is 2.00 bits per heavy atom. The molecular formula is C15H23N3. The maximum atomic E-state index is 4.68. The van der Waals surface area contributed by atoms with E-state index in [1.54, 1.807) is 0 Å². The molecule has 1 heterocycles. The quantitative estimate of drug-likeness (QED) is 0.825. The van der Waals surface area contributed by atoms with Gasteiger partial charge >= 0.3 is 0 Å². The van der Waals surface area contributed by atoms with Gasteiger partial charge in [-0.3, -0.25) is 0 Å². The van der Waals surface area contributed by atoms with E-state index in [0.29, 0.717) is 5.92 Å². The highest BCUT2D eigenvalue weighted by Gasteiger charge is 2.09. The predicted octanol–water partition coefficient (Wildman–Crippen LogP) is 3.03. The lowest BCUT2D eigenvalue weighted by molar-refractivity contribution is 0.384. The van der Waals surface area contributed by atoms with Crippen molar-refractivity contribution >= 4 is 11.0 Å². The van der Waals surface area contributed by atoms with Crippen LogP contribution in [0.5, 0.6) is 0 Å². The Labute approximate surface area is 109 Å². The van der Waals surface area contributed by atoms with Crippen molar-refractivity contribution in [1.29, 1.82) is 0 Å². The molecule has 0 unspecified atom stereocenters. The third-order valence-corrected chi connectivity index (χ3v) is 3.40. The average Bonchev–Trinajstić information content (AvgIpc) is 2.60. The van der Waals surface area contributed by atoms with Gasteiger partial charge in [-0.05, 0) is 44.6 Å². The monoisotopic (exact) mass is 245 g/mol. The summed E-state index contributed by atoms with van der Waals surface area (Å²) in [6.45, 7) is 8.56. The summed E-state index contributed by atoms with van der Waals surface area (Å²) in [5, 5.41) is 0. The maximum absolute atomic E-state index is 4.68. The van der Waals surface area contributed by atoms with E-state index in [1.165, 1.54) is 11.1 Å². The molecule has 0 spiro atoms. The van der Waals surface area contributed by atoms with Gasteiger partial charge in [0.1, 0.15) is 5.82 Å². The number of aromatic nitrogens is 2. The minimum atomic E-state index is 0.557. The molecule has 0 saturated carbocycles. The van der Waals surface area contributed by atoms with Gasteiger partial charge in [-0.25, -0.2) is 4.98 Å². The van der Waals surface area contributed by atoms with E-state index in [-0.39, 0.29) is 0 Å². The highest BCUT2D eigenvalue weighted by atomic mass is 15.1. The largest absolute Gasteiger partial charge is 0.327 e. The molecule has 1 aromatic heterocycles. The SMILES string of the molecule is Cc1nc2cc(C(C)C)ccc2n1CCN(C)C. The Balaban J connectivity index is 2.39. The molecular weight excluding hydrogens is 222 g/mol. The van der Waals surface area contributed by atoms with Crippen molar-refractivity contribution in [3.05, 3.63) is 29.6 Å². The Kier molecular flexibility index (Phi) is 3.71. The second-order valence-corrected chi connectivity index (χ2v) is 5.52. The van der Waals surface area contributed by atoms with Crippen molar-refractivity contribution in [3.8, 4) is 0 Å². The van der Waals surface area contributed by atoms with Crippen LogP contribution in [-0.4, -0.2) is 35.1 Å². The molecule has 98 valence electrons. The number of imidazole rings is 1. The zero-order chi connectivity index (χ0) is 13.3. The van der Waals surface area contributed by atoms with Crippen LogP contribution < -0.4 is 0 Å². The van der Waals surface area contributed by atoms with E-state index in [1.807, 2.05) is 0 Å². The van der Waals surface area contributed by atoms with Gasteiger partial charge in [0, 0.05) is 13.1 Å². The molecule has 0 fully saturated rings. The first kappa shape index (κ1) is 13.1. The topological polar surface area (TPSA) is 21.1 Å². The van der Waals surface area contributed by atoms with E-state index in [0.717, 1.165) is 24.4 Å². The summed E-state index contributed by atoms with van der Waals surface area (Å²) < 4.78 is 2.30. The van der Waals surface area contributed by atoms with Crippen LogP contribution in [0.1, 0.15) is 31.2 Å². The fourth-order valence-electron chi connectivity index (χ4n) is 2.21. The first-order chi connectivity index (χ1) is 8.49. The molecule has 0 saturated heterocycles. The fraction of sp³-hybridized carbons (Fsp3) is 0.533. The Morgan fingerprint density at radius 3 is 2.61 bits per heavy atom. The van der Waals surface area contributed by atoms with E-state index in [4.69, 9.17) is 0 Å². The summed E-state index contributed by atoms with van der Waals surface area (Å²) >= 11 is 0. The standard InChI is InChI=1S/C15H23N3/c1-11(2)13-6-7-15-14(10-13)16-12(3)18(15)9-8-17(4)5/h6-7,10-11H,8-9H2,1-5H3. The van der Waals surface area contributed by atoms with Crippen LogP contribution in [0.2, 0.25) is 0 Å². The van der Waals surface area contributed by atoms with Crippen molar-refractivity contribution in [3.63, 3.8) is 0 Å². The molecule has 0 radical (unpaired) electrons. The predicted molar refractivity (Wildman–Crippen MR) is 77.1 cm³/mol. The van der Waals surface area contributed by atoms with Crippen molar-refractivity contribution < 1.29 is 0 Å². The lowest BCUT2D eigenvalue weighted by Crippen LogP contribution is -2.18. The van der Waals surface area contributed by atoms with E-state index < -0.39 is 0 Å². The van der Waals surface area contributed by atoms with Crippen LogP contribution >= 0.6 is 0 Å². The highest BCUT2D eigenvalue weighted by Crippen LogP contribution is 2.22. The lowest BCUT2D eigenvalue weighted by Gasteiger charge is -2.12. The minimum Gasteiger partial charge on any atom is -0.327 e. The van der Waals surface area contributed by atoms with Crippen LogP contribution in [0.4, 0.5) is 0 Å². The third-order valence-electron chi connectivity index (χ3n) is 3.40. The summed E-state index contributed by atoms with van der Waals surface area (Å²) in [5.41, 5.74) is 3.73. The summed E-state index contributed by atoms with van der Waals surface area (Å²) in [6, 6.07) is 6.65. The number of likely N-dealkylation sites (N-methyl/N-ethyl adjacent to an activating group) is 1. The van der Waals surface area contributed by atoms with Gasteiger partial charge in [0.05, 0.1) is 11.0 Å². The Bertz CT molecular complexity index is 538. The maximum Gasteiger partial charge on any atom is 0.106 e. The van der Waals surface area contributed by atoms with Gasteiger partial charge in [0.25, 0.3) is 0 Å². The molecule has 0 aliphatic heterocycles. The number of aryl methyl sites for hydroxylation is 1. The average molecular weight is 245 g/mol. The van der Waals surface area contributed by atoms with E-state index in [9.17, 15) is 0 Å². The Morgan fingerprint density at radius 1 is 1.28 bits per heavy atom. The molecule has 2 aromatic rings. The zero-order valence-electron chi connectivity index (χ0n) is 12.1. The molecule has 0 aliphatic rings. The van der Waals surface area contributed by atoms with Gasteiger partial charge < -0.3 is 9.47 Å². The van der Waals surface area contributed by atoms with E-state index in [2.05, 4.69) is 67.5 Å². The summed E-state index contributed by atoms with van der Waals surface area (Å²) in [6.07, 6.45) is 0. The van der Waals surface area contributed by atoms with Crippen LogP contribution in [0.3, 0.4) is 0 Å². The van der Waals surface area contributed by atoms with Crippen LogP contribution in [-0.2, 0) is 6.54 Å². The van der Waals surface area contributed by atoms with Gasteiger partial charge in [-0.15, -0.1) is 0 Å². The second kappa shape index (κ2) is 5.11. The second-order valence-electron chi connectivity index (χ2n) is 5.52. The lowest BCUT2D eigenvalue weighted by atomic mass is 10.0. The number of rotatable bonds is 4. The van der Waals surface area contributed by atoms with Crippen molar-refractivity contribution in [2.75, 3.05) is 20.6 Å². The molecule has 0 N–H and O–H groups in total. The third kappa shape index (κ3) is 2.56. The fourth-order valence-corrected chi connectivity index (χ4v) is 2.21. The van der Waals surface area contributed by atoms with E-state index >= 15 is 0 Å². The first-order valence-corrected chi connectivity index (χ1v) is 6.60. The molecule has 3 heteroatoms. The summed E-state index contributed by atoms with van der Waals surface area (Å²) in [4.78, 5) is 6.88. The minimum absolute atomic E-state index is 0.557. The highest BCUT2D eigenvalue weighted by molar-refractivity contribution is 5.77. The van der Waals surface area contributed by atoms with Crippen LogP contribution in [0.15, 0.2) is 18.2 Å². The van der Waals surface area contributed by atoms with Gasteiger partial charge in [0.15, 0.2) is 0 Å². The number of fused-ring (bicyclic) bond motifs is 1. The molecule has 0 amide bonds. The molecule has 1 aromatic carbocycles. The number of benzene rings is 1. The molecule has 0 aliphatic carbocycles. The van der Waals surface area contributed by atoms with Crippen LogP contribution in [0.25, 0.3) is 11.0 Å². The number of hydrogen-bond acceptors (Lipinski definition) is 2. The zero-order valence-corrected chi connectivity index (χ0v) is 12.1. The molecule has 0 bridgehead atoms. The first-order valence-electron chi connectivity index (χ1n) is 6.60. The van der Waals surface area contributed by atoms with Gasteiger partial charge in [0.2, 0.25) is 0 Å². The molecule has 18 heavy (non-hydrogen) atoms. The Hall–Kier alpha value is -1.35. The van der Waals surface area contributed by atoms with Crippen molar-refractivity contribution in [2.24, 2.45) is 0 Å². The normalized spacial score (nSPS) is 11.9. The smallest absolute Gasteiger partial charge is 0.106 e. The molecule has 3 nitrogen and oxygen atoms in total. The summed E-state index contributed by atoms with van der Waals surface area (Å²) in [7, 11) is 4.21. The number of hydrogen-bond donors (Lipinski definition) is 0. The van der Waals surface area contributed by atoms with Crippen molar-refractivity contribution in [2.45, 2.75) is 33.2 Å². The molecule has 0 atom stereocenters. The van der Waals surface area contributed by atoms with Crippen molar-refractivity contribution in [1.82, 2.24) is 14.5 Å². The van der Waals surface area contributed by atoms with Gasteiger partial charge in [-0.2, -0.15) is 0 Å². The molecule has 2 rings (SSSR count).